The monoisotopic (exact) mass is 460 g/mol. The number of carbonyl (C=O) groups is 2. The molecule has 0 unspecified atom stereocenters. The Kier molecular flexibility index (Phi) is 6.86. The lowest BCUT2D eigenvalue weighted by Gasteiger charge is -2.31. The number of amides is 1. The third-order valence-electron chi connectivity index (χ3n) is 6.24. The van der Waals surface area contributed by atoms with Gasteiger partial charge in [0, 0.05) is 48.6 Å². The van der Waals surface area contributed by atoms with Gasteiger partial charge in [-0.15, -0.1) is 0 Å². The maximum Gasteiger partial charge on any atom is 0.294 e. The minimum absolute atomic E-state index is 0.114. The normalized spacial score (nSPS) is 14.4. The summed E-state index contributed by atoms with van der Waals surface area (Å²) in [5.74, 6) is 0.289. The molecule has 0 radical (unpaired) electrons. The first kappa shape index (κ1) is 23.4. The van der Waals surface area contributed by atoms with Gasteiger partial charge < -0.3 is 9.47 Å². The van der Waals surface area contributed by atoms with Crippen LogP contribution in [-0.2, 0) is 6.42 Å². The molecule has 1 amide bonds. The number of ketones is 1. The number of piperidine rings is 1. The molecule has 1 aromatic heterocycles. The van der Waals surface area contributed by atoms with Crippen molar-refractivity contribution < 1.29 is 14.5 Å². The first-order valence-corrected chi connectivity index (χ1v) is 11.5. The summed E-state index contributed by atoms with van der Waals surface area (Å²) in [7, 11) is 0. The fraction of sp³-hybridized carbons (Fsp3) is 0.346. The van der Waals surface area contributed by atoms with Gasteiger partial charge in [-0.3, -0.25) is 19.7 Å². The van der Waals surface area contributed by atoms with Gasteiger partial charge in [-0.1, -0.05) is 38.1 Å². The third kappa shape index (κ3) is 5.06. The zero-order chi connectivity index (χ0) is 24.2. The molecule has 0 N–H and O–H groups in total. The number of Topliss-reactive ketones (excluding diaryl/α,β-unsaturated/α-hetero) is 1. The molecule has 8 heteroatoms. The number of nitro benzene ring substituents is 1. The van der Waals surface area contributed by atoms with E-state index in [4.69, 9.17) is 0 Å². The molecule has 0 aliphatic carbocycles. The Morgan fingerprint density at radius 3 is 2.35 bits per heavy atom. The number of likely N-dealkylation sites (tertiary alicyclic amines) is 1. The Hall–Kier alpha value is -3.81. The van der Waals surface area contributed by atoms with Crippen LogP contribution in [0.25, 0.3) is 5.69 Å². The number of nitrogens with zero attached hydrogens (tertiary/aromatic N) is 4. The molecule has 0 saturated carbocycles. The second-order valence-electron chi connectivity index (χ2n) is 9.16. The van der Waals surface area contributed by atoms with E-state index in [0.29, 0.717) is 43.1 Å². The average molecular weight is 461 g/mol. The smallest absolute Gasteiger partial charge is 0.294 e. The highest BCUT2D eigenvalue weighted by Crippen LogP contribution is 2.27. The molecule has 8 nitrogen and oxygen atoms in total. The summed E-state index contributed by atoms with van der Waals surface area (Å²) in [6, 6.07) is 12.3. The molecule has 34 heavy (non-hydrogen) atoms. The Balaban J connectivity index is 1.41. The minimum atomic E-state index is -0.497. The highest BCUT2D eigenvalue weighted by Gasteiger charge is 2.29. The number of nitro groups is 1. The predicted molar refractivity (Wildman–Crippen MR) is 128 cm³/mol. The lowest BCUT2D eigenvalue weighted by Crippen LogP contribution is -2.40. The summed E-state index contributed by atoms with van der Waals surface area (Å²) in [6.07, 6.45) is 6.76. The van der Waals surface area contributed by atoms with E-state index in [1.165, 1.54) is 24.2 Å². The van der Waals surface area contributed by atoms with E-state index in [1.807, 2.05) is 24.3 Å². The van der Waals surface area contributed by atoms with Gasteiger partial charge in [-0.05, 0) is 42.9 Å². The summed E-state index contributed by atoms with van der Waals surface area (Å²) in [5, 5.41) is 11.6. The van der Waals surface area contributed by atoms with Crippen molar-refractivity contribution >= 4 is 17.4 Å². The van der Waals surface area contributed by atoms with Crippen LogP contribution >= 0.6 is 0 Å². The molecule has 1 saturated heterocycles. The van der Waals surface area contributed by atoms with Crippen molar-refractivity contribution in [3.63, 3.8) is 0 Å². The Labute approximate surface area is 198 Å². The maximum atomic E-state index is 13.0. The van der Waals surface area contributed by atoms with Crippen LogP contribution in [0.5, 0.6) is 0 Å². The molecule has 0 spiro atoms. The molecule has 0 bridgehead atoms. The van der Waals surface area contributed by atoms with Gasteiger partial charge >= 0.3 is 0 Å². The number of imidazole rings is 1. The minimum Gasteiger partial charge on any atom is -0.339 e. The zero-order valence-corrected chi connectivity index (χ0v) is 19.4. The highest BCUT2D eigenvalue weighted by molar-refractivity contribution is 5.98. The Bertz CT molecular complexity index is 1180. The molecular weight excluding hydrogens is 432 g/mol. The number of hydrogen-bond acceptors (Lipinski definition) is 5. The van der Waals surface area contributed by atoms with Gasteiger partial charge in [-0.25, -0.2) is 4.98 Å². The lowest BCUT2D eigenvalue weighted by atomic mass is 9.88. The number of carbonyl (C=O) groups excluding carboxylic acids is 2. The van der Waals surface area contributed by atoms with Crippen molar-refractivity contribution in [2.24, 2.45) is 11.8 Å². The second kappa shape index (κ2) is 9.99. The quantitative estimate of drug-likeness (QED) is 0.289. The highest BCUT2D eigenvalue weighted by atomic mass is 16.6. The van der Waals surface area contributed by atoms with Crippen LogP contribution in [0.2, 0.25) is 0 Å². The Morgan fingerprint density at radius 1 is 1.09 bits per heavy atom. The van der Waals surface area contributed by atoms with Crippen molar-refractivity contribution in [3.8, 4) is 5.69 Å². The molecule has 4 rings (SSSR count). The van der Waals surface area contributed by atoms with E-state index < -0.39 is 4.92 Å². The van der Waals surface area contributed by atoms with Crippen LogP contribution in [0.15, 0.2) is 61.2 Å². The molecule has 2 heterocycles. The van der Waals surface area contributed by atoms with Crippen molar-refractivity contribution in [1.82, 2.24) is 14.5 Å². The largest absolute Gasteiger partial charge is 0.339 e. The van der Waals surface area contributed by atoms with Crippen molar-refractivity contribution in [1.29, 1.82) is 0 Å². The molecular formula is C26H28N4O4. The summed E-state index contributed by atoms with van der Waals surface area (Å²) in [5.41, 5.74) is 2.39. The third-order valence-corrected chi connectivity index (χ3v) is 6.24. The average Bonchev–Trinajstić information content (AvgIpc) is 3.38. The van der Waals surface area contributed by atoms with E-state index in [0.717, 1.165) is 6.42 Å². The summed E-state index contributed by atoms with van der Waals surface area (Å²) < 4.78 is 1.54. The van der Waals surface area contributed by atoms with E-state index in [9.17, 15) is 19.7 Å². The van der Waals surface area contributed by atoms with Gasteiger partial charge in [0.15, 0.2) is 5.78 Å². The van der Waals surface area contributed by atoms with Crippen LogP contribution in [-0.4, -0.2) is 44.2 Å². The number of rotatable bonds is 7. The van der Waals surface area contributed by atoms with Crippen molar-refractivity contribution in [2.45, 2.75) is 33.1 Å². The molecule has 0 atom stereocenters. The predicted octanol–water partition coefficient (Wildman–Crippen LogP) is 4.71. The SMILES string of the molecule is CC(C)Cc1ccc(C(=O)C2CCN(C(=O)c3ccc(-n4ccnc4)c([N+](=O)[O-])c3)CC2)cc1. The standard InChI is InChI=1S/C26H28N4O4/c1-18(2)15-19-3-5-20(6-4-19)25(31)21-9-12-28(13-10-21)26(32)22-7-8-23(24(16-22)30(33)34)29-14-11-27-17-29/h3-8,11,14,16-18,21H,9-10,12-13,15H2,1-2H3. The van der Waals surface area contributed by atoms with Crippen LogP contribution in [0, 0.1) is 22.0 Å². The van der Waals surface area contributed by atoms with Gasteiger partial charge in [0.05, 0.1) is 11.3 Å². The van der Waals surface area contributed by atoms with Crippen LogP contribution in [0.1, 0.15) is 53.0 Å². The maximum absolute atomic E-state index is 13.0. The van der Waals surface area contributed by atoms with Crippen molar-refractivity contribution in [2.75, 3.05) is 13.1 Å². The topological polar surface area (TPSA) is 98.3 Å². The Morgan fingerprint density at radius 2 is 1.76 bits per heavy atom. The van der Waals surface area contributed by atoms with E-state index in [-0.39, 0.29) is 28.9 Å². The number of aromatic nitrogens is 2. The van der Waals surface area contributed by atoms with E-state index in [1.54, 1.807) is 27.8 Å². The summed E-state index contributed by atoms with van der Waals surface area (Å²) >= 11 is 0. The molecule has 3 aromatic rings. The van der Waals surface area contributed by atoms with E-state index >= 15 is 0 Å². The van der Waals surface area contributed by atoms with Gasteiger partial charge in [0.1, 0.15) is 5.69 Å². The number of hydrogen-bond donors (Lipinski definition) is 0. The van der Waals surface area contributed by atoms with Crippen molar-refractivity contribution in [3.05, 3.63) is 88.0 Å². The van der Waals surface area contributed by atoms with Gasteiger partial charge in [-0.2, -0.15) is 0 Å². The zero-order valence-electron chi connectivity index (χ0n) is 19.4. The molecule has 2 aromatic carbocycles. The fourth-order valence-electron chi connectivity index (χ4n) is 4.46. The van der Waals surface area contributed by atoms with Gasteiger partial charge in [0.2, 0.25) is 0 Å². The molecule has 1 fully saturated rings. The van der Waals surface area contributed by atoms with Crippen LogP contribution in [0.3, 0.4) is 0 Å². The molecule has 1 aliphatic rings. The summed E-state index contributed by atoms with van der Waals surface area (Å²) in [4.78, 5) is 42.7. The fourth-order valence-corrected chi connectivity index (χ4v) is 4.46. The molecule has 1 aliphatic heterocycles. The van der Waals surface area contributed by atoms with Crippen LogP contribution in [0.4, 0.5) is 5.69 Å². The van der Waals surface area contributed by atoms with E-state index in [2.05, 4.69) is 18.8 Å². The number of benzene rings is 2. The first-order chi connectivity index (χ1) is 16.3. The second-order valence-corrected chi connectivity index (χ2v) is 9.16. The first-order valence-electron chi connectivity index (χ1n) is 11.5. The molecule has 176 valence electrons. The van der Waals surface area contributed by atoms with Crippen LogP contribution < -0.4 is 0 Å². The van der Waals surface area contributed by atoms with Gasteiger partial charge in [0.25, 0.3) is 11.6 Å². The lowest BCUT2D eigenvalue weighted by molar-refractivity contribution is -0.384. The summed E-state index contributed by atoms with van der Waals surface area (Å²) in [6.45, 7) is 5.22.